The number of sulfone groups is 1. The highest BCUT2D eigenvalue weighted by atomic mass is 32.2. The van der Waals surface area contributed by atoms with Crippen molar-refractivity contribution in [1.29, 1.82) is 0 Å². The van der Waals surface area contributed by atoms with E-state index in [4.69, 9.17) is 0 Å². The van der Waals surface area contributed by atoms with Crippen molar-refractivity contribution < 1.29 is 31.2 Å². The van der Waals surface area contributed by atoms with Gasteiger partial charge in [-0.1, -0.05) is 26.8 Å². The van der Waals surface area contributed by atoms with Crippen LogP contribution in [0.15, 0.2) is 24.3 Å². The van der Waals surface area contributed by atoms with Gasteiger partial charge in [-0.05, 0) is 55.2 Å². The molecule has 0 radical (unpaired) electrons. The van der Waals surface area contributed by atoms with Crippen LogP contribution in [0.2, 0.25) is 0 Å². The Morgan fingerprint density at radius 2 is 1.83 bits per heavy atom. The lowest BCUT2D eigenvalue weighted by atomic mass is 9.81. The van der Waals surface area contributed by atoms with Crippen molar-refractivity contribution in [3.05, 3.63) is 35.4 Å². The fourth-order valence-electron chi connectivity index (χ4n) is 5.11. The molecule has 0 spiro atoms. The van der Waals surface area contributed by atoms with Crippen LogP contribution in [-0.4, -0.2) is 68.4 Å². The van der Waals surface area contributed by atoms with Crippen molar-refractivity contribution in [2.45, 2.75) is 70.8 Å². The summed E-state index contributed by atoms with van der Waals surface area (Å²) in [7, 11) is -3.28. The fourth-order valence-corrected chi connectivity index (χ4v) is 6.24. The number of hydrogen-bond donors (Lipinski definition) is 2. The number of likely N-dealkylation sites (tertiary alicyclic amines) is 1. The lowest BCUT2D eigenvalue weighted by Crippen LogP contribution is -2.52. The van der Waals surface area contributed by atoms with E-state index in [9.17, 15) is 31.2 Å². The van der Waals surface area contributed by atoms with Gasteiger partial charge >= 0.3 is 6.18 Å². The van der Waals surface area contributed by atoms with Crippen molar-refractivity contribution in [1.82, 2.24) is 15.5 Å². The van der Waals surface area contributed by atoms with Crippen LogP contribution in [0.4, 0.5) is 13.2 Å². The van der Waals surface area contributed by atoms with E-state index in [1.165, 1.54) is 12.3 Å². The van der Waals surface area contributed by atoms with Crippen LogP contribution in [-0.2, 0) is 20.8 Å². The maximum atomic E-state index is 13.2. The van der Waals surface area contributed by atoms with Crippen molar-refractivity contribution >= 4 is 21.7 Å². The summed E-state index contributed by atoms with van der Waals surface area (Å²) in [6.07, 6.45) is -1.00. The van der Waals surface area contributed by atoms with Gasteiger partial charge in [-0.25, -0.2) is 8.42 Å². The van der Waals surface area contributed by atoms with E-state index in [2.05, 4.69) is 31.4 Å². The molecule has 2 amide bonds. The van der Waals surface area contributed by atoms with Gasteiger partial charge in [-0.2, -0.15) is 13.2 Å². The molecule has 7 nitrogen and oxygen atoms in total. The van der Waals surface area contributed by atoms with E-state index in [0.29, 0.717) is 25.8 Å². The standard InChI is InChI=1S/C25H36F3N3O4S/c1-24(2,3)15-29-19-8-9-21(17(13-19)14-36(4,34)35)31-11-10-20(23(31)33)30-22(32)16-6-5-7-18(12-16)25(26,27)28/h5-7,12,17,19-21,29H,8-11,13-15H2,1-4H3,(H,30,32)/t17-,19+,20?,21-/m0/s1. The van der Waals surface area contributed by atoms with Gasteiger partial charge in [-0.15, -0.1) is 0 Å². The second kappa shape index (κ2) is 10.7. The largest absolute Gasteiger partial charge is 0.416 e. The summed E-state index contributed by atoms with van der Waals surface area (Å²) in [5, 5.41) is 6.11. The van der Waals surface area contributed by atoms with Crippen LogP contribution < -0.4 is 10.6 Å². The molecule has 1 heterocycles. The summed E-state index contributed by atoms with van der Waals surface area (Å²) < 4.78 is 63.3. The average Bonchev–Trinajstić information content (AvgIpc) is 3.10. The second-order valence-electron chi connectivity index (χ2n) is 11.3. The van der Waals surface area contributed by atoms with Crippen molar-refractivity contribution in [2.24, 2.45) is 11.3 Å². The molecule has 3 rings (SSSR count). The number of benzene rings is 1. The number of carbonyl (C=O) groups excluding carboxylic acids is 2. The van der Waals surface area contributed by atoms with Crippen molar-refractivity contribution in [3.63, 3.8) is 0 Å². The molecule has 1 saturated carbocycles. The molecule has 2 N–H and O–H groups in total. The molecule has 0 bridgehead atoms. The molecule has 1 unspecified atom stereocenters. The molecule has 36 heavy (non-hydrogen) atoms. The van der Waals surface area contributed by atoms with Crippen LogP contribution in [0.25, 0.3) is 0 Å². The fraction of sp³-hybridized carbons (Fsp3) is 0.680. The Kier molecular flexibility index (Phi) is 8.44. The zero-order chi connectivity index (χ0) is 26.9. The topological polar surface area (TPSA) is 95.6 Å². The molecule has 1 aliphatic carbocycles. The molecular formula is C25H36F3N3O4S. The van der Waals surface area contributed by atoms with E-state index < -0.39 is 33.5 Å². The number of amides is 2. The summed E-state index contributed by atoms with van der Waals surface area (Å²) in [6, 6.07) is 3.10. The minimum Gasteiger partial charge on any atom is -0.340 e. The third-order valence-corrected chi connectivity index (χ3v) is 7.81. The van der Waals surface area contributed by atoms with Gasteiger partial charge in [-0.3, -0.25) is 9.59 Å². The summed E-state index contributed by atoms with van der Waals surface area (Å²) in [5.74, 6) is -1.34. The molecule has 1 aliphatic heterocycles. The number of hydrogen-bond acceptors (Lipinski definition) is 5. The molecule has 11 heteroatoms. The Balaban J connectivity index is 1.68. The van der Waals surface area contributed by atoms with E-state index >= 15 is 0 Å². The second-order valence-corrected chi connectivity index (χ2v) is 13.5. The number of alkyl halides is 3. The zero-order valence-electron chi connectivity index (χ0n) is 21.2. The van der Waals surface area contributed by atoms with E-state index in [0.717, 1.165) is 31.2 Å². The molecule has 2 aliphatic rings. The summed E-state index contributed by atoms with van der Waals surface area (Å²) in [4.78, 5) is 27.5. The van der Waals surface area contributed by atoms with Crippen molar-refractivity contribution in [2.75, 3.05) is 25.1 Å². The van der Waals surface area contributed by atoms with Crippen LogP contribution in [0, 0.1) is 11.3 Å². The predicted molar refractivity (Wildman–Crippen MR) is 131 cm³/mol. The first-order valence-corrected chi connectivity index (χ1v) is 14.3. The molecular weight excluding hydrogens is 495 g/mol. The van der Waals surface area contributed by atoms with E-state index in [1.807, 2.05) is 0 Å². The summed E-state index contributed by atoms with van der Waals surface area (Å²) in [6.45, 7) is 7.51. The molecule has 4 atom stereocenters. The molecule has 2 fully saturated rings. The Morgan fingerprint density at radius 3 is 2.44 bits per heavy atom. The number of halogens is 3. The highest BCUT2D eigenvalue weighted by molar-refractivity contribution is 7.90. The molecule has 1 aromatic carbocycles. The minimum atomic E-state index is -4.58. The van der Waals surface area contributed by atoms with Gasteiger partial charge in [0, 0.05) is 37.0 Å². The molecule has 1 saturated heterocycles. The maximum absolute atomic E-state index is 13.2. The zero-order valence-corrected chi connectivity index (χ0v) is 22.0. The van der Waals surface area contributed by atoms with Gasteiger partial charge in [0.1, 0.15) is 15.9 Å². The number of carbonyl (C=O) groups is 2. The third-order valence-electron chi connectivity index (χ3n) is 6.78. The smallest absolute Gasteiger partial charge is 0.340 e. The SMILES string of the molecule is CC(C)(C)CN[C@@H]1CC[C@H](N2CCC(NC(=O)c3cccc(C(F)(F)F)c3)C2=O)[C@H](CS(C)(=O)=O)C1. The molecule has 202 valence electrons. The number of nitrogens with zero attached hydrogens (tertiary/aromatic N) is 1. The van der Waals surface area contributed by atoms with Crippen LogP contribution in [0.3, 0.4) is 0 Å². The minimum absolute atomic E-state index is 0.0313. The monoisotopic (exact) mass is 531 g/mol. The first-order chi connectivity index (χ1) is 16.5. The van der Waals surface area contributed by atoms with Gasteiger partial charge in [0.25, 0.3) is 5.91 Å². The Hall–Kier alpha value is -2.14. The molecule has 0 aromatic heterocycles. The van der Waals surface area contributed by atoms with E-state index in [1.54, 1.807) is 4.90 Å². The lowest BCUT2D eigenvalue weighted by molar-refractivity contribution is -0.137. The highest BCUT2D eigenvalue weighted by Crippen LogP contribution is 2.33. The Labute approximate surface area is 211 Å². The highest BCUT2D eigenvalue weighted by Gasteiger charge is 2.43. The third kappa shape index (κ3) is 7.68. The maximum Gasteiger partial charge on any atom is 0.416 e. The average molecular weight is 532 g/mol. The lowest BCUT2D eigenvalue weighted by Gasteiger charge is -2.41. The van der Waals surface area contributed by atoms with Gasteiger partial charge < -0.3 is 15.5 Å². The van der Waals surface area contributed by atoms with Crippen LogP contribution >= 0.6 is 0 Å². The number of rotatable bonds is 7. The Bertz CT molecular complexity index is 1070. The Morgan fingerprint density at radius 1 is 1.14 bits per heavy atom. The molecule has 1 aromatic rings. The summed E-state index contributed by atoms with van der Waals surface area (Å²) >= 11 is 0. The first kappa shape index (κ1) is 28.4. The van der Waals surface area contributed by atoms with Crippen molar-refractivity contribution in [3.8, 4) is 0 Å². The van der Waals surface area contributed by atoms with Gasteiger partial charge in [0.05, 0.1) is 11.3 Å². The predicted octanol–water partition coefficient (Wildman–Crippen LogP) is 3.25. The normalized spacial score (nSPS) is 25.8. The summed E-state index contributed by atoms with van der Waals surface area (Å²) in [5.41, 5.74) is -1.02. The van der Waals surface area contributed by atoms with E-state index in [-0.39, 0.29) is 40.6 Å². The number of nitrogens with one attached hydrogen (secondary N) is 2. The quantitative estimate of drug-likeness (QED) is 0.563. The van der Waals surface area contributed by atoms with Gasteiger partial charge in [0.15, 0.2) is 0 Å². The first-order valence-electron chi connectivity index (χ1n) is 12.2. The van der Waals surface area contributed by atoms with Crippen LogP contribution in [0.5, 0.6) is 0 Å². The van der Waals surface area contributed by atoms with Crippen LogP contribution in [0.1, 0.15) is 62.4 Å². The van der Waals surface area contributed by atoms with Gasteiger partial charge in [0.2, 0.25) is 5.91 Å².